The molecule has 0 atom stereocenters. The minimum absolute atomic E-state index is 0.267. The lowest BCUT2D eigenvalue weighted by atomic mass is 10.2. The smallest absolute Gasteiger partial charge is 0.388 e. The van der Waals surface area contributed by atoms with Crippen molar-refractivity contribution in [2.45, 2.75) is 6.18 Å². The second kappa shape index (κ2) is 7.79. The van der Waals surface area contributed by atoms with Crippen LogP contribution in [0.4, 0.5) is 18.9 Å². The van der Waals surface area contributed by atoms with Gasteiger partial charge in [0.2, 0.25) is 0 Å². The van der Waals surface area contributed by atoms with Crippen molar-refractivity contribution >= 4 is 34.5 Å². The molecule has 0 unspecified atom stereocenters. The van der Waals surface area contributed by atoms with Crippen LogP contribution in [-0.2, 0) is 11.0 Å². The molecule has 1 amide bonds. The maximum absolute atomic E-state index is 13.0. The van der Waals surface area contributed by atoms with Crippen molar-refractivity contribution in [3.05, 3.63) is 29.8 Å². The van der Waals surface area contributed by atoms with Gasteiger partial charge in [0.1, 0.15) is 4.99 Å². The maximum Gasteiger partial charge on any atom is 0.418 e. The van der Waals surface area contributed by atoms with Gasteiger partial charge in [-0.1, -0.05) is 24.4 Å². The van der Waals surface area contributed by atoms with Crippen molar-refractivity contribution < 1.29 is 18.0 Å². The van der Waals surface area contributed by atoms with E-state index in [2.05, 4.69) is 15.4 Å². The summed E-state index contributed by atoms with van der Waals surface area (Å²) in [6, 6.07) is 4.82. The van der Waals surface area contributed by atoms with Gasteiger partial charge in [0.05, 0.1) is 11.3 Å². The first kappa shape index (κ1) is 19.1. The van der Waals surface area contributed by atoms with Crippen LogP contribution < -0.4 is 11.2 Å². The highest BCUT2D eigenvalue weighted by atomic mass is 32.1. The number of alkyl halides is 3. The molecule has 0 aliphatic carbocycles. The van der Waals surface area contributed by atoms with Gasteiger partial charge in [-0.25, -0.2) is 0 Å². The van der Waals surface area contributed by atoms with Crippen LogP contribution in [0.2, 0.25) is 0 Å². The lowest BCUT2D eigenvalue weighted by Gasteiger charge is -2.32. The summed E-state index contributed by atoms with van der Waals surface area (Å²) >= 11 is 4.83. The Morgan fingerprint density at radius 1 is 1.24 bits per heavy atom. The van der Waals surface area contributed by atoms with Crippen molar-refractivity contribution in [2.24, 2.45) is 10.8 Å². The molecule has 0 radical (unpaired) electrons. The number of carbonyl (C=O) groups is 1. The minimum Gasteiger partial charge on any atom is -0.388 e. The number of amides is 1. The number of nitrogens with one attached hydrogen (secondary N) is 1. The van der Waals surface area contributed by atoms with Gasteiger partial charge in [-0.2, -0.15) is 18.3 Å². The quantitative estimate of drug-likeness (QED) is 0.476. The van der Waals surface area contributed by atoms with E-state index in [0.29, 0.717) is 26.2 Å². The second-order valence-corrected chi connectivity index (χ2v) is 6.02. The molecule has 3 N–H and O–H groups in total. The molecular weight excluding hydrogens is 355 g/mol. The van der Waals surface area contributed by atoms with Crippen LogP contribution in [0.1, 0.15) is 5.56 Å². The zero-order valence-electron chi connectivity index (χ0n) is 13.5. The third-order valence-electron chi connectivity index (χ3n) is 3.75. The topological polar surface area (TPSA) is 74.0 Å². The van der Waals surface area contributed by atoms with Gasteiger partial charge < -0.3 is 15.5 Å². The molecule has 2 rings (SSSR count). The molecule has 1 fully saturated rings. The van der Waals surface area contributed by atoms with E-state index in [1.54, 1.807) is 0 Å². The summed E-state index contributed by atoms with van der Waals surface area (Å²) in [5, 5.41) is 3.76. The van der Waals surface area contributed by atoms with Crippen molar-refractivity contribution in [1.29, 1.82) is 0 Å². The monoisotopic (exact) mass is 373 g/mol. The number of hydrogen-bond donors (Lipinski definition) is 2. The van der Waals surface area contributed by atoms with Gasteiger partial charge >= 0.3 is 6.18 Å². The highest BCUT2D eigenvalue weighted by Gasteiger charge is 2.33. The average molecular weight is 373 g/mol. The molecule has 6 nitrogen and oxygen atoms in total. The summed E-state index contributed by atoms with van der Waals surface area (Å²) in [4.78, 5) is 15.8. The number of anilines is 1. The molecular formula is C15H18F3N5OS. The first-order valence-electron chi connectivity index (χ1n) is 7.47. The third kappa shape index (κ3) is 4.89. The normalized spacial score (nSPS) is 16.6. The summed E-state index contributed by atoms with van der Waals surface area (Å²) < 4.78 is 39.0. The zero-order chi connectivity index (χ0) is 18.6. The fourth-order valence-corrected chi connectivity index (χ4v) is 2.44. The molecule has 10 heteroatoms. The summed E-state index contributed by atoms with van der Waals surface area (Å²) in [5.41, 5.74) is 6.37. The fourth-order valence-electron chi connectivity index (χ4n) is 2.31. The number of hydrogen-bond acceptors (Lipinski definition) is 5. The SMILES string of the molecule is CN1CCN(C(=O)C(=NNc2ccccc2C(F)(F)F)C(N)=S)CC1. The van der Waals surface area contributed by atoms with Crippen molar-refractivity contribution in [3.63, 3.8) is 0 Å². The number of thiocarbonyl (C=S) groups is 1. The molecule has 0 aromatic heterocycles. The number of para-hydroxylation sites is 1. The molecule has 0 bridgehead atoms. The van der Waals surface area contributed by atoms with E-state index in [4.69, 9.17) is 18.0 Å². The Bertz CT molecular complexity index is 684. The molecule has 25 heavy (non-hydrogen) atoms. The predicted octanol–water partition coefficient (Wildman–Crippen LogP) is 1.53. The number of halogens is 3. The minimum atomic E-state index is -4.55. The Labute approximate surface area is 148 Å². The lowest BCUT2D eigenvalue weighted by Crippen LogP contribution is -2.51. The molecule has 136 valence electrons. The van der Waals surface area contributed by atoms with Crippen LogP contribution in [0.5, 0.6) is 0 Å². The van der Waals surface area contributed by atoms with Crippen molar-refractivity contribution in [2.75, 3.05) is 38.7 Å². The summed E-state index contributed by atoms with van der Waals surface area (Å²) in [6.45, 7) is 2.30. The van der Waals surface area contributed by atoms with E-state index < -0.39 is 17.6 Å². The Morgan fingerprint density at radius 2 is 1.84 bits per heavy atom. The predicted molar refractivity (Wildman–Crippen MR) is 93.4 cm³/mol. The van der Waals surface area contributed by atoms with Crippen LogP contribution in [0, 0.1) is 0 Å². The second-order valence-electron chi connectivity index (χ2n) is 5.58. The number of nitrogens with two attached hydrogens (primary N) is 1. The standard InChI is InChI=1S/C15H18F3N5OS/c1-22-6-8-23(9-7-22)14(24)12(13(19)25)21-20-11-5-3-2-4-10(11)15(16,17)18/h2-5,20H,6-9H2,1H3,(H2,19,25). The average Bonchev–Trinajstić information content (AvgIpc) is 2.54. The van der Waals surface area contributed by atoms with Gasteiger partial charge in [0.15, 0.2) is 5.71 Å². The number of rotatable bonds is 4. The molecule has 1 aliphatic rings. The lowest BCUT2D eigenvalue weighted by molar-refractivity contribution is -0.137. The first-order valence-corrected chi connectivity index (χ1v) is 7.88. The number of piperazine rings is 1. The van der Waals surface area contributed by atoms with E-state index >= 15 is 0 Å². The number of likely N-dealkylation sites (N-methyl/N-ethyl adjacent to an activating group) is 1. The third-order valence-corrected chi connectivity index (χ3v) is 3.94. The molecule has 1 aromatic carbocycles. The summed E-state index contributed by atoms with van der Waals surface area (Å²) in [5.74, 6) is -0.502. The van der Waals surface area contributed by atoms with Gasteiger partial charge in [0.25, 0.3) is 5.91 Å². The van der Waals surface area contributed by atoms with E-state index in [0.717, 1.165) is 6.07 Å². The van der Waals surface area contributed by atoms with E-state index in [1.807, 2.05) is 7.05 Å². The fraction of sp³-hybridized carbons (Fsp3) is 0.400. The Balaban J connectivity index is 2.21. The van der Waals surface area contributed by atoms with Crippen molar-refractivity contribution in [1.82, 2.24) is 9.80 Å². The molecule has 1 heterocycles. The largest absolute Gasteiger partial charge is 0.418 e. The van der Waals surface area contributed by atoms with Gasteiger partial charge in [-0.05, 0) is 19.2 Å². The number of hydrazone groups is 1. The maximum atomic E-state index is 13.0. The van der Waals surface area contributed by atoms with Gasteiger partial charge in [-0.3, -0.25) is 10.2 Å². The Morgan fingerprint density at radius 3 is 2.40 bits per heavy atom. The molecule has 1 aliphatic heterocycles. The van der Waals surface area contributed by atoms with E-state index in [9.17, 15) is 18.0 Å². The van der Waals surface area contributed by atoms with Gasteiger partial charge in [-0.15, -0.1) is 0 Å². The van der Waals surface area contributed by atoms with Gasteiger partial charge in [0, 0.05) is 26.2 Å². The van der Waals surface area contributed by atoms with Crippen LogP contribution in [0.15, 0.2) is 29.4 Å². The Hall–Kier alpha value is -2.20. The number of carbonyl (C=O) groups excluding carboxylic acids is 1. The summed E-state index contributed by atoms with van der Waals surface area (Å²) in [6.07, 6.45) is -4.55. The number of nitrogens with zero attached hydrogens (tertiary/aromatic N) is 3. The first-order chi connectivity index (χ1) is 11.7. The zero-order valence-corrected chi connectivity index (χ0v) is 14.3. The van der Waals surface area contributed by atoms with Crippen LogP contribution in [0.25, 0.3) is 0 Å². The van der Waals surface area contributed by atoms with Crippen molar-refractivity contribution in [3.8, 4) is 0 Å². The van der Waals surface area contributed by atoms with Crippen LogP contribution in [0.3, 0.4) is 0 Å². The van der Waals surface area contributed by atoms with Crippen LogP contribution >= 0.6 is 12.2 Å². The highest BCUT2D eigenvalue weighted by Crippen LogP contribution is 2.34. The molecule has 0 saturated carbocycles. The molecule has 0 spiro atoms. The Kier molecular flexibility index (Phi) is 5.96. The molecule has 1 aromatic rings. The van der Waals surface area contributed by atoms with Crippen LogP contribution in [-0.4, -0.2) is 59.6 Å². The van der Waals surface area contributed by atoms with E-state index in [-0.39, 0.29) is 16.4 Å². The molecule has 1 saturated heterocycles. The highest BCUT2D eigenvalue weighted by molar-refractivity contribution is 7.82. The number of benzene rings is 1. The van der Waals surface area contributed by atoms with E-state index in [1.165, 1.54) is 23.1 Å². The summed E-state index contributed by atoms with van der Waals surface area (Å²) in [7, 11) is 1.93.